The highest BCUT2D eigenvalue weighted by Crippen LogP contribution is 2.21. The number of benzene rings is 2. The van der Waals surface area contributed by atoms with Gasteiger partial charge in [-0.25, -0.2) is 0 Å². The van der Waals surface area contributed by atoms with E-state index in [0.29, 0.717) is 6.54 Å². The molecule has 0 fully saturated rings. The molecule has 0 saturated heterocycles. The molecule has 3 rings (SSSR count). The number of hydrogen-bond donors (Lipinski definition) is 0. The maximum atomic E-state index is 12.5. The summed E-state index contributed by atoms with van der Waals surface area (Å²) in [6, 6.07) is 16.5. The maximum absolute atomic E-state index is 12.5. The van der Waals surface area contributed by atoms with E-state index in [-0.39, 0.29) is 5.91 Å². The lowest BCUT2D eigenvalue weighted by molar-refractivity contribution is -0.683. The van der Waals surface area contributed by atoms with Gasteiger partial charge in [0.1, 0.15) is 5.75 Å². The molecule has 1 heterocycles. The minimum atomic E-state index is 0.0356. The zero-order valence-corrected chi connectivity index (χ0v) is 25.3. The predicted molar refractivity (Wildman–Crippen MR) is 165 cm³/mol. The van der Waals surface area contributed by atoms with Crippen LogP contribution in [0.3, 0.4) is 0 Å². The van der Waals surface area contributed by atoms with Crippen molar-refractivity contribution in [2.75, 3.05) is 11.5 Å². The van der Waals surface area contributed by atoms with E-state index in [1.165, 1.54) is 81.1 Å². The van der Waals surface area contributed by atoms with Crippen LogP contribution in [0.2, 0.25) is 0 Å². The standard InChI is InChI=1S/C34H49N2O2S/c1-4-5-6-7-8-9-10-11-12-13-14-15-23-38-34-18-16-17-32(24-34)27-36(30(3)37)33-21-19-31(20-22-33)26-35-25-29(2)39-28-35/h16-22,24-25,28H,4-15,23,26-27H2,1-3H3/q+1. The summed E-state index contributed by atoms with van der Waals surface area (Å²) >= 11 is 1.75. The molecule has 2 aromatic carbocycles. The zero-order chi connectivity index (χ0) is 27.7. The quantitative estimate of drug-likeness (QED) is 0.110. The van der Waals surface area contributed by atoms with Crippen LogP contribution in [-0.4, -0.2) is 12.5 Å². The fraction of sp³-hybridized carbons (Fsp3) is 0.529. The SMILES string of the molecule is CCCCCCCCCCCCCCOc1cccc(CN(C(C)=O)c2ccc(C[n+]3csc(C)c3)cc2)c1. The molecular weight excluding hydrogens is 500 g/mol. The smallest absolute Gasteiger partial charge is 0.225 e. The summed E-state index contributed by atoms with van der Waals surface area (Å²) in [7, 11) is 0. The third kappa shape index (κ3) is 11.9. The number of aryl methyl sites for hydroxylation is 1. The number of hydrogen-bond acceptors (Lipinski definition) is 3. The van der Waals surface area contributed by atoms with E-state index in [0.717, 1.165) is 36.6 Å². The van der Waals surface area contributed by atoms with E-state index in [4.69, 9.17) is 4.74 Å². The Morgan fingerprint density at radius 2 is 1.49 bits per heavy atom. The first kappa shape index (κ1) is 30.9. The van der Waals surface area contributed by atoms with Gasteiger partial charge in [-0.1, -0.05) is 113 Å². The summed E-state index contributed by atoms with van der Waals surface area (Å²) in [5, 5.41) is 0. The normalized spacial score (nSPS) is 11.1. The molecule has 1 aromatic heterocycles. The van der Waals surface area contributed by atoms with Crippen molar-refractivity contribution in [3.63, 3.8) is 0 Å². The zero-order valence-electron chi connectivity index (χ0n) is 24.5. The van der Waals surface area contributed by atoms with Crippen molar-refractivity contribution in [3.05, 3.63) is 76.2 Å². The number of carbonyl (C=O) groups is 1. The van der Waals surface area contributed by atoms with Gasteiger partial charge in [-0.15, -0.1) is 0 Å². The highest BCUT2D eigenvalue weighted by atomic mass is 32.1. The Bertz CT molecular complexity index is 1090. The molecule has 0 aliphatic carbocycles. The molecule has 0 saturated carbocycles. The van der Waals surface area contributed by atoms with Gasteiger partial charge < -0.3 is 9.64 Å². The van der Waals surface area contributed by atoms with Crippen LogP contribution in [-0.2, 0) is 17.9 Å². The third-order valence-corrected chi connectivity index (χ3v) is 8.07. The molecule has 0 N–H and O–H groups in total. The van der Waals surface area contributed by atoms with Gasteiger partial charge in [0, 0.05) is 18.2 Å². The number of anilines is 1. The average Bonchev–Trinajstić information content (AvgIpc) is 3.35. The summed E-state index contributed by atoms with van der Waals surface area (Å²) in [5.74, 6) is 0.922. The van der Waals surface area contributed by atoms with Crippen molar-refractivity contribution >= 4 is 22.9 Å². The van der Waals surface area contributed by atoms with Crippen molar-refractivity contribution < 1.29 is 14.1 Å². The van der Waals surface area contributed by atoms with Crippen LogP contribution >= 0.6 is 11.3 Å². The third-order valence-electron chi connectivity index (χ3n) is 7.22. The predicted octanol–water partition coefficient (Wildman–Crippen LogP) is 9.03. The van der Waals surface area contributed by atoms with Gasteiger partial charge in [-0.05, 0) is 43.2 Å². The molecule has 212 valence electrons. The molecular formula is C34H49N2O2S+. The molecule has 0 aliphatic heterocycles. The Morgan fingerprint density at radius 1 is 0.846 bits per heavy atom. The highest BCUT2D eigenvalue weighted by Gasteiger charge is 2.14. The van der Waals surface area contributed by atoms with Crippen LogP contribution < -0.4 is 14.2 Å². The molecule has 0 unspecified atom stereocenters. The Morgan fingerprint density at radius 3 is 2.08 bits per heavy atom. The molecule has 3 aromatic rings. The van der Waals surface area contributed by atoms with Crippen molar-refractivity contribution in [1.82, 2.24) is 0 Å². The molecule has 1 amide bonds. The first-order chi connectivity index (χ1) is 19.0. The Balaban J connectivity index is 1.37. The van der Waals surface area contributed by atoms with Crippen molar-refractivity contribution in [1.29, 1.82) is 0 Å². The van der Waals surface area contributed by atoms with Gasteiger partial charge in [-0.3, -0.25) is 4.79 Å². The molecule has 0 spiro atoms. The lowest BCUT2D eigenvalue weighted by Crippen LogP contribution is -2.31. The van der Waals surface area contributed by atoms with Crippen LogP contribution in [0.15, 0.2) is 60.2 Å². The number of carbonyl (C=O) groups excluding carboxylic acids is 1. The lowest BCUT2D eigenvalue weighted by Gasteiger charge is -2.22. The number of unbranched alkanes of at least 4 members (excludes halogenated alkanes) is 11. The van der Waals surface area contributed by atoms with Crippen LogP contribution in [0, 0.1) is 6.92 Å². The molecule has 5 heteroatoms. The van der Waals surface area contributed by atoms with Gasteiger partial charge in [0.15, 0.2) is 12.7 Å². The maximum Gasteiger partial charge on any atom is 0.225 e. The number of nitrogens with zero attached hydrogens (tertiary/aromatic N) is 2. The Hall–Kier alpha value is -2.66. The summed E-state index contributed by atoms with van der Waals surface area (Å²) in [5.41, 5.74) is 5.35. The number of rotatable bonds is 19. The molecule has 4 nitrogen and oxygen atoms in total. The van der Waals surface area contributed by atoms with Gasteiger partial charge in [-0.2, -0.15) is 4.57 Å². The lowest BCUT2D eigenvalue weighted by atomic mass is 10.1. The largest absolute Gasteiger partial charge is 0.494 e. The summed E-state index contributed by atoms with van der Waals surface area (Å²) in [6.45, 7) is 8.15. The van der Waals surface area contributed by atoms with Crippen molar-refractivity contribution in [3.8, 4) is 5.75 Å². The monoisotopic (exact) mass is 549 g/mol. The Labute approximate surface area is 241 Å². The summed E-state index contributed by atoms with van der Waals surface area (Å²) < 4.78 is 8.25. The Kier molecular flexibility index (Phi) is 14.1. The number of aromatic nitrogens is 1. The fourth-order valence-electron chi connectivity index (χ4n) is 4.95. The molecule has 39 heavy (non-hydrogen) atoms. The van der Waals surface area contributed by atoms with E-state index in [9.17, 15) is 4.79 Å². The number of thiazole rings is 1. The molecule has 0 atom stereocenters. The molecule has 0 aliphatic rings. The van der Waals surface area contributed by atoms with E-state index in [1.807, 2.05) is 29.2 Å². The van der Waals surface area contributed by atoms with E-state index >= 15 is 0 Å². The van der Waals surface area contributed by atoms with Gasteiger partial charge in [0.25, 0.3) is 0 Å². The van der Waals surface area contributed by atoms with Crippen LogP contribution in [0.25, 0.3) is 0 Å². The number of amides is 1. The first-order valence-corrected chi connectivity index (χ1v) is 16.0. The van der Waals surface area contributed by atoms with E-state index in [1.54, 1.807) is 18.3 Å². The minimum absolute atomic E-state index is 0.0356. The van der Waals surface area contributed by atoms with E-state index < -0.39 is 0 Å². The van der Waals surface area contributed by atoms with Gasteiger partial charge in [0.05, 0.1) is 18.0 Å². The van der Waals surface area contributed by atoms with Crippen LogP contribution in [0.4, 0.5) is 5.69 Å². The topological polar surface area (TPSA) is 33.4 Å². The van der Waals surface area contributed by atoms with Gasteiger partial charge >= 0.3 is 0 Å². The fourth-order valence-corrected chi connectivity index (χ4v) is 5.59. The highest BCUT2D eigenvalue weighted by molar-refractivity contribution is 7.09. The average molecular weight is 550 g/mol. The first-order valence-electron chi connectivity index (χ1n) is 15.1. The second-order valence-electron chi connectivity index (χ2n) is 10.8. The second kappa shape index (κ2) is 17.8. The molecule has 0 bridgehead atoms. The van der Waals surface area contributed by atoms with E-state index in [2.05, 4.69) is 54.4 Å². The summed E-state index contributed by atoms with van der Waals surface area (Å²) in [4.78, 5) is 15.6. The summed E-state index contributed by atoms with van der Waals surface area (Å²) in [6.07, 6.45) is 18.3. The van der Waals surface area contributed by atoms with Crippen LogP contribution in [0.1, 0.15) is 107 Å². The second-order valence-corrected chi connectivity index (χ2v) is 11.9. The van der Waals surface area contributed by atoms with Crippen molar-refractivity contribution in [2.24, 2.45) is 0 Å². The van der Waals surface area contributed by atoms with Crippen LogP contribution in [0.5, 0.6) is 5.75 Å². The van der Waals surface area contributed by atoms with Crippen molar-refractivity contribution in [2.45, 2.75) is 111 Å². The van der Waals surface area contributed by atoms with Gasteiger partial charge in [0.2, 0.25) is 11.4 Å². The molecule has 0 radical (unpaired) electrons. The minimum Gasteiger partial charge on any atom is -0.494 e. The number of ether oxygens (including phenoxy) is 1.